The van der Waals surface area contributed by atoms with E-state index in [0.717, 1.165) is 11.1 Å². The van der Waals surface area contributed by atoms with Gasteiger partial charge in [-0.25, -0.2) is 4.79 Å². The molecule has 2 rings (SSSR count). The number of carbonyl (C=O) groups excluding carboxylic acids is 1. The molecule has 3 nitrogen and oxygen atoms in total. The maximum Gasteiger partial charge on any atom is 0.318 e. The number of hydrogen-bond acceptors (Lipinski definition) is 1. The van der Waals surface area contributed by atoms with Crippen molar-refractivity contribution in [1.82, 2.24) is 10.2 Å². The second-order valence-electron chi connectivity index (χ2n) is 6.77. The molecule has 4 heteroatoms. The van der Waals surface area contributed by atoms with Gasteiger partial charge in [0, 0.05) is 17.6 Å². The third kappa shape index (κ3) is 4.75. The normalized spacial score (nSPS) is 11.4. The van der Waals surface area contributed by atoms with Gasteiger partial charge in [-0.05, 0) is 51.0 Å². The SMILES string of the molecule is CC(C)N(Cc1ccccc1)C(=O)NC(C)(C)c1ccc(Cl)cc1. The average molecular weight is 345 g/mol. The topological polar surface area (TPSA) is 32.3 Å². The van der Waals surface area contributed by atoms with Gasteiger partial charge in [-0.3, -0.25) is 0 Å². The Kier molecular flexibility index (Phi) is 5.89. The molecule has 24 heavy (non-hydrogen) atoms. The van der Waals surface area contributed by atoms with Crippen molar-refractivity contribution in [3.05, 3.63) is 70.7 Å². The molecule has 128 valence electrons. The van der Waals surface area contributed by atoms with Crippen LogP contribution in [0.3, 0.4) is 0 Å². The van der Waals surface area contributed by atoms with Crippen molar-refractivity contribution in [3.63, 3.8) is 0 Å². The molecule has 0 unspecified atom stereocenters. The molecule has 0 atom stereocenters. The highest BCUT2D eigenvalue weighted by Gasteiger charge is 2.26. The van der Waals surface area contributed by atoms with E-state index in [2.05, 4.69) is 5.32 Å². The molecule has 0 aliphatic heterocycles. The third-order valence-corrected chi connectivity index (χ3v) is 4.32. The summed E-state index contributed by atoms with van der Waals surface area (Å²) in [5.74, 6) is 0. The molecule has 2 aromatic carbocycles. The van der Waals surface area contributed by atoms with Gasteiger partial charge in [-0.2, -0.15) is 0 Å². The molecule has 0 aliphatic carbocycles. The Morgan fingerprint density at radius 3 is 2.21 bits per heavy atom. The standard InChI is InChI=1S/C20H25ClN2O/c1-15(2)23(14-16-8-6-5-7-9-16)19(24)22-20(3,4)17-10-12-18(21)13-11-17/h5-13,15H,14H2,1-4H3,(H,22,24). The molecular formula is C20H25ClN2O. The Balaban J connectivity index is 2.13. The van der Waals surface area contributed by atoms with Gasteiger partial charge in [0.1, 0.15) is 0 Å². The second kappa shape index (κ2) is 7.71. The molecule has 0 saturated carbocycles. The predicted octanol–water partition coefficient (Wildman–Crippen LogP) is 5.20. The van der Waals surface area contributed by atoms with E-state index in [0.29, 0.717) is 11.6 Å². The van der Waals surface area contributed by atoms with Crippen molar-refractivity contribution >= 4 is 17.6 Å². The summed E-state index contributed by atoms with van der Waals surface area (Å²) >= 11 is 5.95. The summed E-state index contributed by atoms with van der Waals surface area (Å²) in [6.45, 7) is 8.63. The summed E-state index contributed by atoms with van der Waals surface area (Å²) in [5.41, 5.74) is 1.65. The Labute approximate surface area is 149 Å². The van der Waals surface area contributed by atoms with Crippen molar-refractivity contribution in [2.75, 3.05) is 0 Å². The van der Waals surface area contributed by atoms with Crippen LogP contribution in [0.5, 0.6) is 0 Å². The molecule has 0 radical (unpaired) electrons. The van der Waals surface area contributed by atoms with Crippen molar-refractivity contribution in [2.24, 2.45) is 0 Å². The molecule has 2 amide bonds. The number of halogens is 1. The van der Waals surface area contributed by atoms with E-state index in [1.165, 1.54) is 0 Å². The van der Waals surface area contributed by atoms with Gasteiger partial charge in [0.15, 0.2) is 0 Å². The first kappa shape index (κ1) is 18.3. The van der Waals surface area contributed by atoms with Crippen molar-refractivity contribution in [2.45, 2.75) is 45.8 Å². The minimum atomic E-state index is -0.481. The van der Waals surface area contributed by atoms with Crippen LogP contribution in [0.25, 0.3) is 0 Å². The molecule has 2 aromatic rings. The monoisotopic (exact) mass is 344 g/mol. The molecule has 0 aliphatic rings. The average Bonchev–Trinajstić information content (AvgIpc) is 2.53. The molecule has 0 heterocycles. The van der Waals surface area contributed by atoms with Crippen LogP contribution in [0.1, 0.15) is 38.8 Å². The van der Waals surface area contributed by atoms with E-state index in [4.69, 9.17) is 11.6 Å². The van der Waals surface area contributed by atoms with Gasteiger partial charge in [-0.1, -0.05) is 54.1 Å². The number of amides is 2. The van der Waals surface area contributed by atoms with Gasteiger partial charge >= 0.3 is 6.03 Å². The van der Waals surface area contributed by atoms with Crippen LogP contribution in [0.2, 0.25) is 5.02 Å². The van der Waals surface area contributed by atoms with Crippen LogP contribution in [-0.4, -0.2) is 17.0 Å². The fraction of sp³-hybridized carbons (Fsp3) is 0.350. The number of hydrogen-bond donors (Lipinski definition) is 1. The number of nitrogens with one attached hydrogen (secondary N) is 1. The van der Waals surface area contributed by atoms with E-state index in [1.807, 2.05) is 87.2 Å². The highest BCUT2D eigenvalue weighted by Crippen LogP contribution is 2.23. The van der Waals surface area contributed by atoms with Crippen LogP contribution in [-0.2, 0) is 12.1 Å². The van der Waals surface area contributed by atoms with E-state index in [9.17, 15) is 4.79 Å². The smallest absolute Gasteiger partial charge is 0.318 e. The largest absolute Gasteiger partial charge is 0.329 e. The highest BCUT2D eigenvalue weighted by molar-refractivity contribution is 6.30. The van der Waals surface area contributed by atoms with E-state index >= 15 is 0 Å². The maximum absolute atomic E-state index is 12.8. The Morgan fingerprint density at radius 1 is 1.08 bits per heavy atom. The quantitative estimate of drug-likeness (QED) is 0.794. The van der Waals surface area contributed by atoms with Crippen LogP contribution in [0.15, 0.2) is 54.6 Å². The fourth-order valence-corrected chi connectivity index (χ4v) is 2.67. The number of carbonyl (C=O) groups is 1. The summed E-state index contributed by atoms with van der Waals surface area (Å²) in [5, 5.41) is 3.83. The summed E-state index contributed by atoms with van der Waals surface area (Å²) in [6.07, 6.45) is 0. The Bertz CT molecular complexity index is 666. The molecule has 0 saturated heterocycles. The van der Waals surface area contributed by atoms with Crippen molar-refractivity contribution in [1.29, 1.82) is 0 Å². The first-order valence-electron chi connectivity index (χ1n) is 8.18. The molecule has 0 aromatic heterocycles. The minimum Gasteiger partial charge on any atom is -0.329 e. The lowest BCUT2D eigenvalue weighted by atomic mass is 9.94. The molecule has 0 bridgehead atoms. The zero-order valence-corrected chi connectivity index (χ0v) is 15.5. The summed E-state index contributed by atoms with van der Waals surface area (Å²) in [4.78, 5) is 14.7. The van der Waals surface area contributed by atoms with E-state index < -0.39 is 5.54 Å². The van der Waals surface area contributed by atoms with Crippen molar-refractivity contribution in [3.8, 4) is 0 Å². The van der Waals surface area contributed by atoms with Gasteiger partial charge in [-0.15, -0.1) is 0 Å². The Hall–Kier alpha value is -2.00. The first-order valence-corrected chi connectivity index (χ1v) is 8.56. The summed E-state index contributed by atoms with van der Waals surface area (Å²) < 4.78 is 0. The zero-order chi connectivity index (χ0) is 17.7. The van der Waals surface area contributed by atoms with Crippen LogP contribution < -0.4 is 5.32 Å². The number of nitrogens with zero attached hydrogens (tertiary/aromatic N) is 1. The Morgan fingerprint density at radius 2 is 1.67 bits per heavy atom. The third-order valence-electron chi connectivity index (χ3n) is 4.07. The lowest BCUT2D eigenvalue weighted by molar-refractivity contribution is 0.169. The zero-order valence-electron chi connectivity index (χ0n) is 14.7. The van der Waals surface area contributed by atoms with Crippen LogP contribution in [0.4, 0.5) is 4.79 Å². The minimum absolute atomic E-state index is 0.0752. The highest BCUT2D eigenvalue weighted by atomic mass is 35.5. The van der Waals surface area contributed by atoms with Crippen LogP contribution >= 0.6 is 11.6 Å². The molecular weight excluding hydrogens is 320 g/mol. The number of urea groups is 1. The van der Waals surface area contributed by atoms with Crippen LogP contribution in [0, 0.1) is 0 Å². The first-order chi connectivity index (χ1) is 11.3. The predicted molar refractivity (Wildman–Crippen MR) is 100 cm³/mol. The molecule has 0 spiro atoms. The summed E-state index contributed by atoms with van der Waals surface area (Å²) in [7, 11) is 0. The lowest BCUT2D eigenvalue weighted by Gasteiger charge is -2.33. The number of rotatable bonds is 5. The fourth-order valence-electron chi connectivity index (χ4n) is 2.55. The van der Waals surface area contributed by atoms with Gasteiger partial charge in [0.2, 0.25) is 0 Å². The number of benzene rings is 2. The van der Waals surface area contributed by atoms with E-state index in [-0.39, 0.29) is 12.1 Å². The second-order valence-corrected chi connectivity index (χ2v) is 7.21. The van der Waals surface area contributed by atoms with Gasteiger partial charge in [0.25, 0.3) is 0 Å². The summed E-state index contributed by atoms with van der Waals surface area (Å²) in [6, 6.07) is 17.6. The van der Waals surface area contributed by atoms with Gasteiger partial charge in [0.05, 0.1) is 5.54 Å². The molecule has 1 N–H and O–H groups in total. The van der Waals surface area contributed by atoms with E-state index in [1.54, 1.807) is 0 Å². The lowest BCUT2D eigenvalue weighted by Crippen LogP contribution is -2.50. The van der Waals surface area contributed by atoms with Gasteiger partial charge < -0.3 is 10.2 Å². The van der Waals surface area contributed by atoms with Crippen molar-refractivity contribution < 1.29 is 4.79 Å². The maximum atomic E-state index is 12.8. The molecule has 0 fully saturated rings.